The first kappa shape index (κ1) is 18.1. The van der Waals surface area contributed by atoms with Crippen molar-refractivity contribution in [3.05, 3.63) is 77.6 Å². The molecule has 0 saturated carbocycles. The largest absolute Gasteiger partial charge is 0.336 e. The lowest BCUT2D eigenvalue weighted by Gasteiger charge is -2.19. The molecule has 134 valence electrons. The van der Waals surface area contributed by atoms with Gasteiger partial charge in [-0.1, -0.05) is 23.9 Å². The third-order valence-corrected chi connectivity index (χ3v) is 4.55. The topological polar surface area (TPSA) is 38.1 Å². The number of thioether (sulfide) groups is 1. The maximum Gasteiger partial charge on any atom is 0.272 e. The first-order valence-corrected chi connectivity index (χ1v) is 9.09. The van der Waals surface area contributed by atoms with Gasteiger partial charge in [0.1, 0.15) is 17.3 Å². The first-order chi connectivity index (χ1) is 12.5. The van der Waals surface area contributed by atoms with Crippen molar-refractivity contribution in [1.82, 2.24) is 14.5 Å². The second-order valence-corrected chi connectivity index (χ2v) is 6.50. The Hall–Kier alpha value is -2.67. The summed E-state index contributed by atoms with van der Waals surface area (Å²) in [5.74, 6) is -0.894. The van der Waals surface area contributed by atoms with Crippen molar-refractivity contribution in [3.8, 4) is 5.69 Å². The van der Waals surface area contributed by atoms with Crippen LogP contribution >= 0.6 is 11.8 Å². The fraction of sp³-hybridized carbons (Fsp3) is 0.158. The summed E-state index contributed by atoms with van der Waals surface area (Å²) in [6, 6.07) is 11.9. The van der Waals surface area contributed by atoms with Gasteiger partial charge >= 0.3 is 0 Å². The number of amides is 1. The molecule has 0 aliphatic rings. The number of nitrogens with zero attached hydrogens (tertiary/aromatic N) is 3. The van der Waals surface area contributed by atoms with E-state index in [0.717, 1.165) is 5.56 Å². The molecule has 0 unspecified atom stereocenters. The van der Waals surface area contributed by atoms with Crippen LogP contribution in [-0.4, -0.2) is 33.7 Å². The number of hydrogen-bond acceptors (Lipinski definition) is 3. The molecular formula is C19H17F2N3OS. The van der Waals surface area contributed by atoms with Gasteiger partial charge < -0.3 is 4.90 Å². The van der Waals surface area contributed by atoms with Crippen LogP contribution in [0.5, 0.6) is 0 Å². The van der Waals surface area contributed by atoms with Gasteiger partial charge in [-0.25, -0.2) is 13.8 Å². The van der Waals surface area contributed by atoms with Gasteiger partial charge in [0.15, 0.2) is 5.16 Å². The number of benzene rings is 2. The minimum atomic E-state index is -0.346. The van der Waals surface area contributed by atoms with E-state index in [1.807, 2.05) is 6.26 Å². The summed E-state index contributed by atoms with van der Waals surface area (Å²) in [7, 11) is 1.67. The summed E-state index contributed by atoms with van der Waals surface area (Å²) in [5.41, 5.74) is 1.86. The molecule has 0 atom stereocenters. The molecule has 4 nitrogen and oxygen atoms in total. The highest BCUT2D eigenvalue weighted by molar-refractivity contribution is 7.98. The van der Waals surface area contributed by atoms with E-state index in [1.54, 1.807) is 35.9 Å². The third kappa shape index (κ3) is 3.77. The van der Waals surface area contributed by atoms with Gasteiger partial charge in [0, 0.05) is 19.3 Å². The molecule has 0 aliphatic carbocycles. The minimum absolute atomic E-state index is 0.230. The van der Waals surface area contributed by atoms with E-state index in [-0.39, 0.29) is 17.5 Å². The van der Waals surface area contributed by atoms with Crippen LogP contribution < -0.4 is 0 Å². The Balaban J connectivity index is 1.90. The van der Waals surface area contributed by atoms with E-state index in [9.17, 15) is 13.6 Å². The number of aromatic nitrogens is 2. The predicted octanol–water partition coefficient (Wildman–Crippen LogP) is 4.14. The van der Waals surface area contributed by atoms with Crippen LogP contribution in [0.1, 0.15) is 16.1 Å². The highest BCUT2D eigenvalue weighted by Crippen LogP contribution is 2.23. The molecule has 0 fully saturated rings. The van der Waals surface area contributed by atoms with E-state index in [0.29, 0.717) is 23.1 Å². The average Bonchev–Trinajstić information content (AvgIpc) is 3.07. The Morgan fingerprint density at radius 1 is 1.08 bits per heavy atom. The molecule has 3 rings (SSSR count). The standard InChI is InChI=1S/C19H17F2N3OS/c1-23(12-13-3-5-14(20)6-4-13)18(25)17-11-22-19(26-2)24(17)16-9-7-15(21)8-10-16/h3-11H,12H2,1-2H3. The monoisotopic (exact) mass is 373 g/mol. The molecule has 0 saturated heterocycles. The molecule has 7 heteroatoms. The highest BCUT2D eigenvalue weighted by Gasteiger charge is 2.21. The zero-order valence-corrected chi connectivity index (χ0v) is 15.1. The van der Waals surface area contributed by atoms with Crippen molar-refractivity contribution < 1.29 is 13.6 Å². The Morgan fingerprint density at radius 2 is 1.65 bits per heavy atom. The Bertz CT molecular complexity index is 908. The second kappa shape index (κ2) is 7.70. The average molecular weight is 373 g/mol. The highest BCUT2D eigenvalue weighted by atomic mass is 32.2. The van der Waals surface area contributed by atoms with Gasteiger partial charge in [0.05, 0.1) is 6.20 Å². The molecule has 1 amide bonds. The molecular weight excluding hydrogens is 356 g/mol. The maximum atomic E-state index is 13.2. The Labute approximate surface area is 154 Å². The molecule has 0 aliphatic heterocycles. The van der Waals surface area contributed by atoms with Gasteiger partial charge in [0.2, 0.25) is 0 Å². The molecule has 3 aromatic rings. The Kier molecular flexibility index (Phi) is 5.37. The van der Waals surface area contributed by atoms with Gasteiger partial charge in [-0.05, 0) is 48.2 Å². The quantitative estimate of drug-likeness (QED) is 0.631. The van der Waals surface area contributed by atoms with Crippen molar-refractivity contribution in [2.75, 3.05) is 13.3 Å². The van der Waals surface area contributed by atoms with Crippen LogP contribution in [0.15, 0.2) is 59.9 Å². The van der Waals surface area contributed by atoms with Crippen molar-refractivity contribution in [2.24, 2.45) is 0 Å². The molecule has 0 N–H and O–H groups in total. The van der Waals surface area contributed by atoms with Gasteiger partial charge in [-0.3, -0.25) is 9.36 Å². The number of imidazole rings is 1. The van der Waals surface area contributed by atoms with Crippen LogP contribution in [-0.2, 0) is 6.54 Å². The number of hydrogen-bond donors (Lipinski definition) is 0. The van der Waals surface area contributed by atoms with E-state index in [2.05, 4.69) is 4.98 Å². The fourth-order valence-corrected chi connectivity index (χ4v) is 3.14. The maximum absolute atomic E-state index is 13.2. The van der Waals surface area contributed by atoms with E-state index in [4.69, 9.17) is 0 Å². The molecule has 1 aromatic heterocycles. The van der Waals surface area contributed by atoms with Crippen LogP contribution in [0.2, 0.25) is 0 Å². The number of carbonyl (C=O) groups is 1. The molecule has 0 spiro atoms. The van der Waals surface area contributed by atoms with Crippen molar-refractivity contribution in [1.29, 1.82) is 0 Å². The van der Waals surface area contributed by atoms with Crippen LogP contribution in [0, 0.1) is 11.6 Å². The minimum Gasteiger partial charge on any atom is -0.336 e. The molecule has 2 aromatic carbocycles. The second-order valence-electron chi connectivity index (χ2n) is 5.73. The smallest absolute Gasteiger partial charge is 0.272 e. The SMILES string of the molecule is CSc1ncc(C(=O)N(C)Cc2ccc(F)cc2)n1-c1ccc(F)cc1. The summed E-state index contributed by atoms with van der Waals surface area (Å²) in [4.78, 5) is 18.7. The summed E-state index contributed by atoms with van der Waals surface area (Å²) in [6.07, 6.45) is 3.37. The number of carbonyl (C=O) groups excluding carboxylic acids is 1. The molecule has 26 heavy (non-hydrogen) atoms. The fourth-order valence-electron chi connectivity index (χ4n) is 2.60. The van der Waals surface area contributed by atoms with Gasteiger partial charge in [0.25, 0.3) is 5.91 Å². The predicted molar refractivity (Wildman–Crippen MR) is 97.5 cm³/mol. The van der Waals surface area contributed by atoms with Crippen molar-refractivity contribution in [2.45, 2.75) is 11.7 Å². The van der Waals surface area contributed by atoms with Crippen molar-refractivity contribution in [3.63, 3.8) is 0 Å². The molecule has 0 bridgehead atoms. The lowest BCUT2D eigenvalue weighted by Crippen LogP contribution is -2.28. The van der Waals surface area contributed by atoms with Gasteiger partial charge in [-0.2, -0.15) is 0 Å². The lowest BCUT2D eigenvalue weighted by molar-refractivity contribution is 0.0776. The summed E-state index contributed by atoms with van der Waals surface area (Å²) in [6.45, 7) is 0.336. The molecule has 1 heterocycles. The zero-order valence-electron chi connectivity index (χ0n) is 14.3. The van der Waals surface area contributed by atoms with Crippen molar-refractivity contribution >= 4 is 17.7 Å². The lowest BCUT2D eigenvalue weighted by atomic mass is 10.2. The van der Waals surface area contributed by atoms with Gasteiger partial charge in [-0.15, -0.1) is 0 Å². The van der Waals surface area contributed by atoms with E-state index < -0.39 is 0 Å². The Morgan fingerprint density at radius 3 is 2.23 bits per heavy atom. The number of halogens is 2. The molecule has 0 radical (unpaired) electrons. The summed E-state index contributed by atoms with van der Waals surface area (Å²) in [5, 5.41) is 0.634. The first-order valence-electron chi connectivity index (χ1n) is 7.87. The van der Waals surface area contributed by atoms with E-state index in [1.165, 1.54) is 47.1 Å². The summed E-state index contributed by atoms with van der Waals surface area (Å²) >= 11 is 1.40. The third-order valence-electron chi connectivity index (χ3n) is 3.90. The normalized spacial score (nSPS) is 10.8. The van der Waals surface area contributed by atoms with Crippen LogP contribution in [0.25, 0.3) is 5.69 Å². The van der Waals surface area contributed by atoms with Crippen LogP contribution in [0.3, 0.4) is 0 Å². The van der Waals surface area contributed by atoms with E-state index >= 15 is 0 Å². The number of rotatable bonds is 5. The van der Waals surface area contributed by atoms with Crippen LogP contribution in [0.4, 0.5) is 8.78 Å². The summed E-state index contributed by atoms with van der Waals surface area (Å²) < 4.78 is 28.0. The zero-order chi connectivity index (χ0) is 18.7.